The maximum absolute atomic E-state index is 10.7. The molecule has 0 saturated carbocycles. The van der Waals surface area contributed by atoms with Gasteiger partial charge in [-0.3, -0.25) is 4.79 Å². The molecule has 64 valence electrons. The summed E-state index contributed by atoms with van der Waals surface area (Å²) in [7, 11) is 0. The van der Waals surface area contributed by atoms with Gasteiger partial charge in [0, 0.05) is 0 Å². The van der Waals surface area contributed by atoms with Crippen LogP contribution in [0.5, 0.6) is 0 Å². The molecule has 0 amide bonds. The van der Waals surface area contributed by atoms with Crippen molar-refractivity contribution < 1.29 is 15.0 Å². The molecule has 0 aromatic heterocycles. The Kier molecular flexibility index (Phi) is 3.42. The first-order valence-corrected chi connectivity index (χ1v) is 3.47. The summed E-state index contributed by atoms with van der Waals surface area (Å²) in [6.07, 6.45) is 1.84. The number of carbonyl (C=O) groups is 1. The molecule has 2 unspecified atom stereocenters. The Balaban J connectivity index is 4.41. The maximum atomic E-state index is 10.7. The summed E-state index contributed by atoms with van der Waals surface area (Å²) in [5.74, 6) is -0.442. The number of Topliss-reactive ketones (excluding diaryl/α,β-unsaturated/α-hetero) is 1. The molecule has 0 aromatic carbocycles. The minimum absolute atomic E-state index is 0.442. The molecule has 0 rings (SSSR count). The van der Waals surface area contributed by atoms with Crippen LogP contribution in [-0.4, -0.2) is 27.7 Å². The minimum Gasteiger partial charge on any atom is -0.386 e. The van der Waals surface area contributed by atoms with Gasteiger partial charge in [0.15, 0.2) is 5.78 Å². The molecule has 2 N–H and O–H groups in total. The Labute approximate surface area is 66.4 Å². The van der Waals surface area contributed by atoms with Crippen LogP contribution in [0.1, 0.15) is 20.8 Å². The monoisotopic (exact) mass is 158 g/mol. The van der Waals surface area contributed by atoms with Crippen LogP contribution in [0.3, 0.4) is 0 Å². The normalized spacial score (nSPS) is 19.7. The number of hydrogen-bond acceptors (Lipinski definition) is 3. The van der Waals surface area contributed by atoms with Crippen molar-refractivity contribution in [3.8, 4) is 0 Å². The highest BCUT2D eigenvalue weighted by molar-refractivity contribution is 5.85. The predicted octanol–water partition coefficient (Wildman–Crippen LogP) is 0.263. The Morgan fingerprint density at radius 3 is 2.36 bits per heavy atom. The Morgan fingerprint density at radius 2 is 2.09 bits per heavy atom. The molecular weight excluding hydrogens is 144 g/mol. The van der Waals surface area contributed by atoms with E-state index >= 15 is 0 Å². The van der Waals surface area contributed by atoms with Gasteiger partial charge >= 0.3 is 0 Å². The number of rotatable bonds is 3. The molecular formula is C8H14O3. The van der Waals surface area contributed by atoms with Gasteiger partial charge in [0.2, 0.25) is 0 Å². The Morgan fingerprint density at radius 1 is 1.64 bits per heavy atom. The second-order valence-corrected chi connectivity index (χ2v) is 2.67. The lowest BCUT2D eigenvalue weighted by Crippen LogP contribution is -2.44. The second-order valence-electron chi connectivity index (χ2n) is 2.67. The van der Waals surface area contributed by atoms with Crippen molar-refractivity contribution in [1.82, 2.24) is 0 Å². The fourth-order valence-electron chi connectivity index (χ4n) is 0.578. The summed E-state index contributed by atoms with van der Waals surface area (Å²) in [6, 6.07) is 0. The molecule has 3 nitrogen and oxygen atoms in total. The van der Waals surface area contributed by atoms with E-state index in [1.54, 1.807) is 13.0 Å². The van der Waals surface area contributed by atoms with Gasteiger partial charge < -0.3 is 10.2 Å². The molecule has 0 heterocycles. The first kappa shape index (κ1) is 10.3. The van der Waals surface area contributed by atoms with Gasteiger partial charge in [0.25, 0.3) is 0 Å². The number of ketones is 1. The molecule has 11 heavy (non-hydrogen) atoms. The van der Waals surface area contributed by atoms with Gasteiger partial charge in [-0.05, 0) is 20.8 Å². The molecule has 0 aliphatic rings. The van der Waals surface area contributed by atoms with E-state index in [2.05, 4.69) is 0 Å². The third-order valence-electron chi connectivity index (χ3n) is 1.66. The standard InChI is InChI=1S/C8H14O3/c1-4-5-7(10)8(3,11)6(2)9/h4-5,7,10-11H,1-3H3. The number of aliphatic hydroxyl groups is 2. The van der Waals surface area contributed by atoms with Crippen LogP contribution < -0.4 is 0 Å². The van der Waals surface area contributed by atoms with E-state index in [-0.39, 0.29) is 0 Å². The fraction of sp³-hybridized carbons (Fsp3) is 0.625. The van der Waals surface area contributed by atoms with Gasteiger partial charge in [0.1, 0.15) is 11.7 Å². The van der Waals surface area contributed by atoms with Gasteiger partial charge in [-0.2, -0.15) is 0 Å². The third kappa shape index (κ3) is 2.44. The van der Waals surface area contributed by atoms with E-state index in [1.807, 2.05) is 0 Å². The molecule has 0 spiro atoms. The lowest BCUT2D eigenvalue weighted by Gasteiger charge is -2.23. The van der Waals surface area contributed by atoms with Gasteiger partial charge in [0.05, 0.1) is 0 Å². The molecule has 0 aliphatic heterocycles. The van der Waals surface area contributed by atoms with Crippen LogP contribution in [0.15, 0.2) is 12.2 Å². The van der Waals surface area contributed by atoms with Crippen LogP contribution in [0, 0.1) is 0 Å². The topological polar surface area (TPSA) is 57.5 Å². The van der Waals surface area contributed by atoms with Crippen LogP contribution in [0.4, 0.5) is 0 Å². The lowest BCUT2D eigenvalue weighted by atomic mass is 9.95. The predicted molar refractivity (Wildman–Crippen MR) is 42.1 cm³/mol. The van der Waals surface area contributed by atoms with E-state index in [1.165, 1.54) is 19.9 Å². The zero-order valence-electron chi connectivity index (χ0n) is 7.03. The smallest absolute Gasteiger partial charge is 0.164 e. The molecule has 0 radical (unpaired) electrons. The number of carbonyl (C=O) groups excluding carboxylic acids is 1. The first-order chi connectivity index (χ1) is 4.92. The minimum atomic E-state index is -1.66. The van der Waals surface area contributed by atoms with Crippen molar-refractivity contribution in [1.29, 1.82) is 0 Å². The molecule has 0 aromatic rings. The molecule has 0 aliphatic carbocycles. The summed E-state index contributed by atoms with van der Waals surface area (Å²) in [5.41, 5.74) is -1.66. The summed E-state index contributed by atoms with van der Waals surface area (Å²) in [4.78, 5) is 10.7. The molecule has 0 fully saturated rings. The van der Waals surface area contributed by atoms with Gasteiger partial charge in [-0.1, -0.05) is 12.2 Å². The van der Waals surface area contributed by atoms with E-state index in [4.69, 9.17) is 0 Å². The van der Waals surface area contributed by atoms with E-state index in [9.17, 15) is 15.0 Å². The average molecular weight is 158 g/mol. The second kappa shape index (κ2) is 3.64. The van der Waals surface area contributed by atoms with Crippen molar-refractivity contribution in [3.63, 3.8) is 0 Å². The van der Waals surface area contributed by atoms with E-state index in [0.29, 0.717) is 0 Å². The number of hydrogen-bond donors (Lipinski definition) is 2. The summed E-state index contributed by atoms with van der Waals surface area (Å²) >= 11 is 0. The molecule has 3 heteroatoms. The van der Waals surface area contributed by atoms with Crippen molar-refractivity contribution in [3.05, 3.63) is 12.2 Å². The maximum Gasteiger partial charge on any atom is 0.164 e. The Hall–Kier alpha value is -0.670. The molecule has 0 saturated heterocycles. The van der Waals surface area contributed by atoms with Crippen molar-refractivity contribution >= 4 is 5.78 Å². The van der Waals surface area contributed by atoms with Gasteiger partial charge in [-0.25, -0.2) is 0 Å². The lowest BCUT2D eigenvalue weighted by molar-refractivity contribution is -0.141. The number of allylic oxidation sites excluding steroid dienone is 1. The van der Waals surface area contributed by atoms with Crippen LogP contribution in [0.25, 0.3) is 0 Å². The van der Waals surface area contributed by atoms with E-state index < -0.39 is 17.5 Å². The Bertz CT molecular complexity index is 170. The molecule has 2 atom stereocenters. The zero-order valence-corrected chi connectivity index (χ0v) is 7.03. The van der Waals surface area contributed by atoms with E-state index in [0.717, 1.165) is 0 Å². The van der Waals surface area contributed by atoms with Crippen LogP contribution in [0.2, 0.25) is 0 Å². The van der Waals surface area contributed by atoms with Gasteiger partial charge in [-0.15, -0.1) is 0 Å². The molecule has 0 bridgehead atoms. The highest BCUT2D eigenvalue weighted by atomic mass is 16.3. The number of aliphatic hydroxyl groups excluding tert-OH is 1. The van der Waals surface area contributed by atoms with Crippen LogP contribution >= 0.6 is 0 Å². The van der Waals surface area contributed by atoms with Crippen molar-refractivity contribution in [2.45, 2.75) is 32.5 Å². The zero-order chi connectivity index (χ0) is 9.07. The SMILES string of the molecule is CC=CC(O)C(C)(O)C(C)=O. The van der Waals surface area contributed by atoms with Crippen molar-refractivity contribution in [2.24, 2.45) is 0 Å². The highest BCUT2D eigenvalue weighted by Gasteiger charge is 2.33. The highest BCUT2D eigenvalue weighted by Crippen LogP contribution is 2.11. The quantitative estimate of drug-likeness (QED) is 0.579. The first-order valence-electron chi connectivity index (χ1n) is 3.47. The summed E-state index contributed by atoms with van der Waals surface area (Å²) in [5, 5.41) is 18.5. The van der Waals surface area contributed by atoms with Crippen molar-refractivity contribution in [2.75, 3.05) is 0 Å². The largest absolute Gasteiger partial charge is 0.386 e. The van der Waals surface area contributed by atoms with Crippen LogP contribution in [-0.2, 0) is 4.79 Å². The third-order valence-corrected chi connectivity index (χ3v) is 1.66. The summed E-state index contributed by atoms with van der Waals surface area (Å²) < 4.78 is 0. The summed E-state index contributed by atoms with van der Waals surface area (Å²) in [6.45, 7) is 4.24. The average Bonchev–Trinajstić information content (AvgIpc) is 1.88. The fourth-order valence-corrected chi connectivity index (χ4v) is 0.578.